The first-order chi connectivity index (χ1) is 12.2. The highest BCUT2D eigenvalue weighted by Gasteiger charge is 2.23. The first-order valence-corrected chi connectivity index (χ1v) is 8.47. The normalized spacial score (nSPS) is 13.8. The van der Waals surface area contributed by atoms with Gasteiger partial charge in [-0.1, -0.05) is 30.3 Å². The van der Waals surface area contributed by atoms with Crippen molar-refractivity contribution in [1.82, 2.24) is 15.1 Å². The highest BCUT2D eigenvalue weighted by atomic mass is 16.3. The number of aromatic nitrogens is 2. The van der Waals surface area contributed by atoms with Gasteiger partial charge < -0.3 is 10.4 Å². The maximum absolute atomic E-state index is 12.2. The van der Waals surface area contributed by atoms with Crippen molar-refractivity contribution in [2.45, 2.75) is 25.9 Å². The van der Waals surface area contributed by atoms with Crippen LogP contribution >= 0.6 is 0 Å². The molecule has 128 valence electrons. The molecule has 1 heterocycles. The van der Waals surface area contributed by atoms with E-state index in [2.05, 4.69) is 15.7 Å². The predicted octanol–water partition coefficient (Wildman–Crippen LogP) is 3.47. The van der Waals surface area contributed by atoms with Gasteiger partial charge in [0.25, 0.3) is 0 Å². The number of carbonyl (C=O) groups excluding carboxylic acids is 1. The van der Waals surface area contributed by atoms with Crippen LogP contribution in [-0.2, 0) is 13.1 Å². The summed E-state index contributed by atoms with van der Waals surface area (Å²) >= 11 is 0. The molecule has 6 nitrogen and oxygen atoms in total. The van der Waals surface area contributed by atoms with Crippen molar-refractivity contribution < 1.29 is 9.90 Å². The van der Waals surface area contributed by atoms with E-state index in [1.54, 1.807) is 18.3 Å². The molecule has 3 N–H and O–H groups in total. The van der Waals surface area contributed by atoms with E-state index in [0.717, 1.165) is 17.3 Å². The highest BCUT2D eigenvalue weighted by Crippen LogP contribution is 2.31. The molecule has 0 unspecified atom stereocenters. The number of fused-ring (bicyclic) bond motifs is 1. The Morgan fingerprint density at radius 3 is 2.88 bits per heavy atom. The summed E-state index contributed by atoms with van der Waals surface area (Å²) in [4.78, 5) is 12.2. The summed E-state index contributed by atoms with van der Waals surface area (Å²) in [7, 11) is 0. The number of hydrogen-bond acceptors (Lipinski definition) is 3. The Bertz CT molecular complexity index is 915. The topological polar surface area (TPSA) is 79.2 Å². The molecule has 25 heavy (non-hydrogen) atoms. The standard InChI is InChI=1S/C19H20N4O2/c24-17-8-7-14-3-1-2-4-15(14)16(17)11-20-19(25)22-18-9-10-21-23(18)12-13-5-6-13/h1-4,7-10,13,24H,5-6,11-12H2,(H2,20,22,25). The highest BCUT2D eigenvalue weighted by molar-refractivity contribution is 5.90. The molecule has 0 spiro atoms. The van der Waals surface area contributed by atoms with Gasteiger partial charge in [-0.05, 0) is 35.6 Å². The number of nitrogens with zero attached hydrogens (tertiary/aromatic N) is 2. The lowest BCUT2D eigenvalue weighted by molar-refractivity contribution is 0.251. The van der Waals surface area contributed by atoms with Crippen LogP contribution < -0.4 is 10.6 Å². The van der Waals surface area contributed by atoms with Gasteiger partial charge in [0.1, 0.15) is 11.6 Å². The molecule has 6 heteroatoms. The van der Waals surface area contributed by atoms with Crippen molar-refractivity contribution in [2.75, 3.05) is 5.32 Å². The van der Waals surface area contributed by atoms with Crippen LogP contribution in [0.4, 0.5) is 10.6 Å². The minimum Gasteiger partial charge on any atom is -0.508 e. The second-order valence-corrected chi connectivity index (χ2v) is 6.43. The second kappa shape index (κ2) is 6.47. The van der Waals surface area contributed by atoms with E-state index in [1.165, 1.54) is 12.8 Å². The van der Waals surface area contributed by atoms with Crippen molar-refractivity contribution in [1.29, 1.82) is 0 Å². The van der Waals surface area contributed by atoms with E-state index in [1.807, 2.05) is 35.0 Å². The van der Waals surface area contributed by atoms with Crippen molar-refractivity contribution in [3.05, 3.63) is 54.2 Å². The van der Waals surface area contributed by atoms with Crippen LogP contribution in [0.5, 0.6) is 5.75 Å². The van der Waals surface area contributed by atoms with Crippen molar-refractivity contribution >= 4 is 22.6 Å². The molecule has 1 fully saturated rings. The van der Waals surface area contributed by atoms with Gasteiger partial charge in [-0.2, -0.15) is 5.10 Å². The summed E-state index contributed by atoms with van der Waals surface area (Å²) in [6.45, 7) is 1.09. The van der Waals surface area contributed by atoms with Gasteiger partial charge in [0.05, 0.1) is 6.20 Å². The van der Waals surface area contributed by atoms with E-state index in [-0.39, 0.29) is 18.3 Å². The molecule has 0 bridgehead atoms. The minimum absolute atomic E-state index is 0.178. The number of benzene rings is 2. The molecule has 1 saturated carbocycles. The Balaban J connectivity index is 1.44. The number of rotatable bonds is 5. The number of phenols is 1. The lowest BCUT2D eigenvalue weighted by atomic mass is 10.0. The number of nitrogens with one attached hydrogen (secondary N) is 2. The Kier molecular flexibility index (Phi) is 4.01. The number of aromatic hydroxyl groups is 1. The monoisotopic (exact) mass is 336 g/mol. The predicted molar refractivity (Wildman–Crippen MR) is 96.4 cm³/mol. The summed E-state index contributed by atoms with van der Waals surface area (Å²) in [5, 5.41) is 22.0. The summed E-state index contributed by atoms with van der Waals surface area (Å²) in [6, 6.07) is 12.8. The summed E-state index contributed by atoms with van der Waals surface area (Å²) in [5.74, 6) is 1.54. The third-order valence-corrected chi connectivity index (χ3v) is 4.53. The number of urea groups is 1. The average Bonchev–Trinajstić information content (AvgIpc) is 3.33. The van der Waals surface area contributed by atoms with Crippen molar-refractivity contribution in [3.63, 3.8) is 0 Å². The van der Waals surface area contributed by atoms with Crippen LogP contribution in [0.3, 0.4) is 0 Å². The van der Waals surface area contributed by atoms with Crippen molar-refractivity contribution in [2.24, 2.45) is 5.92 Å². The molecule has 1 aromatic heterocycles. The molecule has 4 rings (SSSR count). The molecule has 1 aliphatic rings. The molecule has 3 aromatic rings. The third-order valence-electron chi connectivity index (χ3n) is 4.53. The minimum atomic E-state index is -0.315. The van der Waals surface area contributed by atoms with Gasteiger partial charge in [0.2, 0.25) is 0 Å². The Morgan fingerprint density at radius 2 is 2.04 bits per heavy atom. The SMILES string of the molecule is O=C(NCc1c(O)ccc2ccccc12)Nc1ccnn1CC1CC1. The van der Waals surface area contributed by atoms with Crippen LogP contribution in [-0.4, -0.2) is 20.9 Å². The zero-order valence-electron chi connectivity index (χ0n) is 13.8. The molecule has 2 amide bonds. The summed E-state index contributed by atoms with van der Waals surface area (Å²) < 4.78 is 1.83. The zero-order valence-corrected chi connectivity index (χ0v) is 13.8. The second-order valence-electron chi connectivity index (χ2n) is 6.43. The van der Waals surface area contributed by atoms with E-state index in [4.69, 9.17) is 0 Å². The molecule has 0 radical (unpaired) electrons. The Labute approximate surface area is 145 Å². The largest absolute Gasteiger partial charge is 0.508 e. The Morgan fingerprint density at radius 1 is 1.20 bits per heavy atom. The average molecular weight is 336 g/mol. The first-order valence-electron chi connectivity index (χ1n) is 8.47. The maximum atomic E-state index is 12.2. The van der Waals surface area contributed by atoms with Gasteiger partial charge in [0, 0.05) is 24.7 Å². The molecular formula is C19H20N4O2. The summed E-state index contributed by atoms with van der Waals surface area (Å²) in [5.41, 5.74) is 0.708. The van der Waals surface area contributed by atoms with Gasteiger partial charge in [-0.15, -0.1) is 0 Å². The maximum Gasteiger partial charge on any atom is 0.320 e. The number of phenolic OH excluding ortho intramolecular Hbond substituents is 1. The van der Waals surface area contributed by atoms with E-state index in [9.17, 15) is 9.90 Å². The molecule has 1 aliphatic carbocycles. The molecule has 2 aromatic carbocycles. The van der Waals surface area contributed by atoms with Crippen molar-refractivity contribution in [3.8, 4) is 5.75 Å². The van der Waals surface area contributed by atoms with E-state index in [0.29, 0.717) is 17.3 Å². The molecule has 0 saturated heterocycles. The smallest absolute Gasteiger partial charge is 0.320 e. The molecule has 0 atom stereocenters. The summed E-state index contributed by atoms with van der Waals surface area (Å²) in [6.07, 6.45) is 4.15. The van der Waals surface area contributed by atoms with Crippen LogP contribution in [0.15, 0.2) is 48.7 Å². The zero-order chi connectivity index (χ0) is 17.2. The van der Waals surface area contributed by atoms with E-state index >= 15 is 0 Å². The number of amides is 2. The van der Waals surface area contributed by atoms with Gasteiger partial charge in [0.15, 0.2) is 0 Å². The number of anilines is 1. The molecule has 0 aliphatic heterocycles. The van der Waals surface area contributed by atoms with Crippen LogP contribution in [0, 0.1) is 5.92 Å². The van der Waals surface area contributed by atoms with Gasteiger partial charge in [-0.25, -0.2) is 9.48 Å². The first kappa shape index (κ1) is 15.5. The number of carbonyl (C=O) groups is 1. The lowest BCUT2D eigenvalue weighted by Crippen LogP contribution is -2.29. The fourth-order valence-electron chi connectivity index (χ4n) is 2.97. The lowest BCUT2D eigenvalue weighted by Gasteiger charge is -2.12. The Hall–Kier alpha value is -3.02. The van der Waals surface area contributed by atoms with Crippen LogP contribution in [0.25, 0.3) is 10.8 Å². The van der Waals surface area contributed by atoms with Gasteiger partial charge in [-0.3, -0.25) is 5.32 Å². The molecular weight excluding hydrogens is 316 g/mol. The number of hydrogen-bond donors (Lipinski definition) is 3. The van der Waals surface area contributed by atoms with Crippen LogP contribution in [0.2, 0.25) is 0 Å². The fraction of sp³-hybridized carbons (Fsp3) is 0.263. The quantitative estimate of drug-likeness (QED) is 0.667. The third kappa shape index (κ3) is 3.42. The van der Waals surface area contributed by atoms with E-state index < -0.39 is 0 Å². The fourth-order valence-corrected chi connectivity index (χ4v) is 2.97. The van der Waals surface area contributed by atoms with Crippen LogP contribution in [0.1, 0.15) is 18.4 Å². The van der Waals surface area contributed by atoms with Gasteiger partial charge >= 0.3 is 6.03 Å².